The van der Waals surface area contributed by atoms with E-state index in [-0.39, 0.29) is 41.2 Å². The highest BCUT2D eigenvalue weighted by Gasteiger charge is 2.35. The number of amides is 1. The summed E-state index contributed by atoms with van der Waals surface area (Å²) in [6.45, 7) is 0.228. The highest BCUT2D eigenvalue weighted by molar-refractivity contribution is 6.31. The molecule has 1 amide bonds. The first-order valence-electron chi connectivity index (χ1n) is 7.97. The largest absolute Gasteiger partial charge is 0.334 e. The molecule has 0 saturated carbocycles. The Kier molecular flexibility index (Phi) is 4.35. The Balaban J connectivity index is 1.58. The Morgan fingerprint density at radius 2 is 1.89 bits per heavy atom. The number of hydrogen-bond acceptors (Lipinski definition) is 4. The zero-order chi connectivity index (χ0) is 19.1. The van der Waals surface area contributed by atoms with Crippen molar-refractivity contribution in [3.05, 3.63) is 64.7 Å². The quantitative estimate of drug-likeness (QED) is 0.664. The summed E-state index contributed by atoms with van der Waals surface area (Å²) >= 11 is 5.77. The number of rotatable bonds is 3. The van der Waals surface area contributed by atoms with Crippen LogP contribution in [0.2, 0.25) is 5.02 Å². The molecule has 2 aromatic carbocycles. The second-order valence-corrected chi connectivity index (χ2v) is 6.49. The van der Waals surface area contributed by atoms with E-state index in [1.165, 1.54) is 23.1 Å². The molecule has 1 aliphatic rings. The number of hydrogen-bond donors (Lipinski definition) is 0. The van der Waals surface area contributed by atoms with Gasteiger partial charge < -0.3 is 9.42 Å². The van der Waals surface area contributed by atoms with Crippen LogP contribution in [0.15, 0.2) is 40.9 Å². The summed E-state index contributed by atoms with van der Waals surface area (Å²) < 4.78 is 45.6. The van der Waals surface area contributed by atoms with Crippen molar-refractivity contribution in [1.82, 2.24) is 10.1 Å². The smallest absolute Gasteiger partial charge is 0.261 e. The van der Waals surface area contributed by atoms with Gasteiger partial charge in [-0.15, -0.1) is 0 Å². The molecule has 0 bridgehead atoms. The summed E-state index contributed by atoms with van der Waals surface area (Å²) in [5.41, 5.74) is 0.300. The fraction of sp³-hybridized carbons (Fsp3) is 0.167. The Hall–Kier alpha value is -2.87. The average molecular weight is 394 g/mol. The summed E-state index contributed by atoms with van der Waals surface area (Å²) in [4.78, 5) is 17.9. The van der Waals surface area contributed by atoms with Crippen LogP contribution >= 0.6 is 11.6 Å². The normalized spacial score (nSPS) is 17.0. The molecule has 1 aliphatic heterocycles. The third-order valence-corrected chi connectivity index (χ3v) is 4.60. The molecule has 27 heavy (non-hydrogen) atoms. The van der Waals surface area contributed by atoms with Gasteiger partial charge in [0.25, 0.3) is 5.89 Å². The molecule has 138 valence electrons. The van der Waals surface area contributed by atoms with E-state index in [0.29, 0.717) is 5.69 Å². The average Bonchev–Trinajstić information content (AvgIpc) is 3.26. The van der Waals surface area contributed by atoms with E-state index >= 15 is 0 Å². The zero-order valence-electron chi connectivity index (χ0n) is 13.6. The minimum atomic E-state index is -0.698. The van der Waals surface area contributed by atoms with E-state index in [1.54, 1.807) is 0 Å². The van der Waals surface area contributed by atoms with Crippen LogP contribution in [0.5, 0.6) is 0 Å². The van der Waals surface area contributed by atoms with Crippen LogP contribution in [0, 0.1) is 17.5 Å². The molecule has 1 saturated heterocycles. The number of aromatic nitrogens is 2. The van der Waals surface area contributed by atoms with Crippen molar-refractivity contribution in [2.75, 3.05) is 11.4 Å². The number of benzene rings is 2. The second-order valence-electron chi connectivity index (χ2n) is 6.09. The monoisotopic (exact) mass is 393 g/mol. The molecule has 9 heteroatoms. The lowest BCUT2D eigenvalue weighted by Crippen LogP contribution is -2.24. The molecule has 3 aromatic rings. The molecular formula is C18H11ClF3N3O2. The Morgan fingerprint density at radius 3 is 2.67 bits per heavy atom. The molecule has 0 N–H and O–H groups in total. The third-order valence-electron chi connectivity index (χ3n) is 4.31. The minimum Gasteiger partial charge on any atom is -0.334 e. The lowest BCUT2D eigenvalue weighted by molar-refractivity contribution is -0.117. The van der Waals surface area contributed by atoms with E-state index in [1.807, 2.05) is 0 Å². The first-order chi connectivity index (χ1) is 12.9. The van der Waals surface area contributed by atoms with E-state index in [2.05, 4.69) is 10.1 Å². The van der Waals surface area contributed by atoms with Gasteiger partial charge in [0.05, 0.1) is 10.6 Å². The minimum absolute atomic E-state index is 0.0906. The second kappa shape index (κ2) is 6.70. The first kappa shape index (κ1) is 17.5. The Morgan fingerprint density at radius 1 is 1.11 bits per heavy atom. The van der Waals surface area contributed by atoms with E-state index < -0.39 is 23.4 Å². The van der Waals surface area contributed by atoms with Gasteiger partial charge in [-0.2, -0.15) is 4.98 Å². The molecule has 1 atom stereocenters. The highest BCUT2D eigenvalue weighted by Crippen LogP contribution is 2.33. The lowest BCUT2D eigenvalue weighted by atomic mass is 10.1. The first-order valence-corrected chi connectivity index (χ1v) is 8.34. The zero-order valence-corrected chi connectivity index (χ0v) is 14.4. The van der Waals surface area contributed by atoms with Gasteiger partial charge in [-0.1, -0.05) is 16.8 Å². The summed E-state index contributed by atoms with van der Waals surface area (Å²) in [5, 5.41) is 3.71. The van der Waals surface area contributed by atoms with Crippen LogP contribution in [-0.4, -0.2) is 22.6 Å². The number of carbonyl (C=O) groups is 1. The Labute approximate surface area is 156 Å². The van der Waals surface area contributed by atoms with Crippen molar-refractivity contribution in [2.24, 2.45) is 0 Å². The molecular weight excluding hydrogens is 383 g/mol. The van der Waals surface area contributed by atoms with Crippen LogP contribution in [0.3, 0.4) is 0 Å². The van der Waals surface area contributed by atoms with Crippen molar-refractivity contribution >= 4 is 23.2 Å². The standard InChI is InChI=1S/C18H11ClF3N3O2/c19-13-7-11(2-4-15(13)22)25-8-9(5-16(25)26)17-23-18(27-24-17)12-6-10(20)1-3-14(12)21/h1-4,6-7,9H,5,8H2. The highest BCUT2D eigenvalue weighted by atomic mass is 35.5. The fourth-order valence-electron chi connectivity index (χ4n) is 2.95. The molecule has 1 fully saturated rings. The van der Waals surface area contributed by atoms with Gasteiger partial charge in [0.1, 0.15) is 17.5 Å². The summed E-state index contributed by atoms with van der Waals surface area (Å²) in [6.07, 6.45) is 0.0968. The van der Waals surface area contributed by atoms with E-state index in [9.17, 15) is 18.0 Å². The van der Waals surface area contributed by atoms with E-state index in [0.717, 1.165) is 18.2 Å². The van der Waals surface area contributed by atoms with Crippen molar-refractivity contribution in [3.63, 3.8) is 0 Å². The maximum absolute atomic E-state index is 13.9. The van der Waals surface area contributed by atoms with Crippen LogP contribution in [0.1, 0.15) is 18.2 Å². The van der Waals surface area contributed by atoms with Crippen molar-refractivity contribution in [2.45, 2.75) is 12.3 Å². The lowest BCUT2D eigenvalue weighted by Gasteiger charge is -2.16. The number of anilines is 1. The topological polar surface area (TPSA) is 59.2 Å². The van der Waals surface area contributed by atoms with Crippen molar-refractivity contribution < 1.29 is 22.5 Å². The predicted octanol–water partition coefficient (Wildman–Crippen LogP) is 4.33. The van der Waals surface area contributed by atoms with E-state index in [4.69, 9.17) is 16.1 Å². The van der Waals surface area contributed by atoms with Gasteiger partial charge in [0.2, 0.25) is 5.91 Å². The van der Waals surface area contributed by atoms with Gasteiger partial charge >= 0.3 is 0 Å². The maximum Gasteiger partial charge on any atom is 0.261 e. The van der Waals surface area contributed by atoms with Gasteiger partial charge in [0, 0.05) is 24.6 Å². The molecule has 0 radical (unpaired) electrons. The molecule has 1 unspecified atom stereocenters. The third kappa shape index (κ3) is 3.28. The predicted molar refractivity (Wildman–Crippen MR) is 90.8 cm³/mol. The number of carbonyl (C=O) groups excluding carboxylic acids is 1. The van der Waals surface area contributed by atoms with Crippen LogP contribution in [0.4, 0.5) is 18.9 Å². The number of halogens is 4. The fourth-order valence-corrected chi connectivity index (χ4v) is 3.13. The van der Waals surface area contributed by atoms with Crippen LogP contribution < -0.4 is 4.90 Å². The molecule has 4 rings (SSSR count). The van der Waals surface area contributed by atoms with Gasteiger partial charge in [-0.25, -0.2) is 13.2 Å². The van der Waals surface area contributed by atoms with Crippen molar-refractivity contribution in [1.29, 1.82) is 0 Å². The summed E-state index contributed by atoms with van der Waals surface area (Å²) in [6, 6.07) is 6.90. The SMILES string of the molecule is O=C1CC(c2noc(-c3cc(F)ccc3F)n2)CN1c1ccc(F)c(Cl)c1. The van der Waals surface area contributed by atoms with Gasteiger partial charge in [-0.3, -0.25) is 4.79 Å². The maximum atomic E-state index is 13.9. The molecule has 2 heterocycles. The molecule has 0 aliphatic carbocycles. The molecule has 1 aromatic heterocycles. The Bertz CT molecular complexity index is 1040. The molecule has 5 nitrogen and oxygen atoms in total. The van der Waals surface area contributed by atoms with Crippen LogP contribution in [-0.2, 0) is 4.79 Å². The van der Waals surface area contributed by atoms with Crippen LogP contribution in [0.25, 0.3) is 11.5 Å². The summed E-state index contributed by atoms with van der Waals surface area (Å²) in [7, 11) is 0. The van der Waals surface area contributed by atoms with Gasteiger partial charge in [-0.05, 0) is 36.4 Å². The summed E-state index contributed by atoms with van der Waals surface area (Å²) in [5.74, 6) is -2.50. The van der Waals surface area contributed by atoms with Crippen molar-refractivity contribution in [3.8, 4) is 11.5 Å². The molecule has 0 spiro atoms. The van der Waals surface area contributed by atoms with Gasteiger partial charge in [0.15, 0.2) is 5.82 Å². The number of nitrogens with zero attached hydrogens (tertiary/aromatic N) is 3.